The van der Waals surface area contributed by atoms with Crippen LogP contribution in [-0.2, 0) is 9.53 Å². The second kappa shape index (κ2) is 6.07. The third-order valence-corrected chi connectivity index (χ3v) is 4.61. The molecule has 0 unspecified atom stereocenters. The molecule has 1 heterocycles. The van der Waals surface area contributed by atoms with Crippen molar-refractivity contribution in [1.29, 1.82) is 0 Å². The van der Waals surface area contributed by atoms with Crippen molar-refractivity contribution in [3.63, 3.8) is 0 Å². The van der Waals surface area contributed by atoms with Gasteiger partial charge in [-0.25, -0.2) is 9.18 Å². The lowest BCUT2D eigenvalue weighted by molar-refractivity contribution is -0.133. The second-order valence-electron chi connectivity index (χ2n) is 6.07. The number of likely N-dealkylation sites (tertiary alicyclic amines) is 1. The fourth-order valence-electron chi connectivity index (χ4n) is 3.13. The molecule has 1 amide bonds. The number of ether oxygens (including phenoxy) is 1. The fourth-order valence-corrected chi connectivity index (χ4v) is 3.13. The van der Waals surface area contributed by atoms with Gasteiger partial charge in [-0.05, 0) is 43.2 Å². The molecule has 2 aliphatic rings. The molecule has 22 heavy (non-hydrogen) atoms. The molecule has 118 valence electrons. The maximum absolute atomic E-state index is 14.5. The number of piperidine rings is 1. The molecule has 1 aliphatic heterocycles. The van der Waals surface area contributed by atoms with Crippen LogP contribution in [0.2, 0.25) is 0 Å². The van der Waals surface area contributed by atoms with Crippen LogP contribution in [0.1, 0.15) is 47.5 Å². The Morgan fingerprint density at radius 1 is 1.18 bits per heavy atom. The monoisotopic (exact) mass is 305 g/mol. The molecule has 5 heteroatoms. The summed E-state index contributed by atoms with van der Waals surface area (Å²) in [4.78, 5) is 25.5. The first-order valence-electron chi connectivity index (χ1n) is 7.77. The molecule has 1 aromatic rings. The van der Waals surface area contributed by atoms with E-state index in [0.29, 0.717) is 18.7 Å². The molecule has 0 radical (unpaired) electrons. The molecule has 3 rings (SSSR count). The van der Waals surface area contributed by atoms with E-state index in [2.05, 4.69) is 4.74 Å². The number of halogens is 1. The minimum atomic E-state index is -0.652. The van der Waals surface area contributed by atoms with Crippen LogP contribution in [0.3, 0.4) is 0 Å². The van der Waals surface area contributed by atoms with Gasteiger partial charge in [-0.1, -0.05) is 12.1 Å². The largest absolute Gasteiger partial charge is 0.465 e. The summed E-state index contributed by atoms with van der Waals surface area (Å²) in [5, 5.41) is 0. The molecule has 0 bridgehead atoms. The average molecular weight is 305 g/mol. The number of carbonyl (C=O) groups is 2. The maximum atomic E-state index is 14.5. The highest BCUT2D eigenvalue weighted by Gasteiger charge is 2.35. The van der Waals surface area contributed by atoms with Gasteiger partial charge < -0.3 is 9.64 Å². The van der Waals surface area contributed by atoms with Gasteiger partial charge in [-0.15, -0.1) is 0 Å². The maximum Gasteiger partial charge on any atom is 0.340 e. The van der Waals surface area contributed by atoms with Crippen molar-refractivity contribution in [2.75, 3.05) is 20.2 Å². The van der Waals surface area contributed by atoms with Crippen LogP contribution in [0.5, 0.6) is 0 Å². The van der Waals surface area contributed by atoms with Gasteiger partial charge in [0.05, 0.1) is 12.7 Å². The summed E-state index contributed by atoms with van der Waals surface area (Å²) in [6, 6.07) is 4.85. The first-order valence-corrected chi connectivity index (χ1v) is 7.77. The van der Waals surface area contributed by atoms with Crippen molar-refractivity contribution in [2.24, 2.45) is 5.92 Å². The second-order valence-corrected chi connectivity index (χ2v) is 6.07. The number of nitrogens with zero attached hydrogens (tertiary/aromatic N) is 1. The van der Waals surface area contributed by atoms with Crippen LogP contribution in [0, 0.1) is 11.7 Å². The van der Waals surface area contributed by atoms with Gasteiger partial charge >= 0.3 is 5.97 Å². The van der Waals surface area contributed by atoms with Gasteiger partial charge in [0, 0.05) is 19.0 Å². The lowest BCUT2D eigenvalue weighted by Gasteiger charge is -2.32. The molecule has 2 fully saturated rings. The van der Waals surface area contributed by atoms with Gasteiger partial charge in [0.25, 0.3) is 0 Å². The topological polar surface area (TPSA) is 46.6 Å². The van der Waals surface area contributed by atoms with Crippen LogP contribution in [0.15, 0.2) is 18.2 Å². The smallest absolute Gasteiger partial charge is 0.340 e. The number of amides is 1. The summed E-state index contributed by atoms with van der Waals surface area (Å²) in [5.41, 5.74) is 0.540. The van der Waals surface area contributed by atoms with Gasteiger partial charge in [-0.2, -0.15) is 0 Å². The lowest BCUT2D eigenvalue weighted by atomic mass is 9.88. The molecular weight excluding hydrogens is 285 g/mol. The molecule has 0 aromatic heterocycles. The molecular formula is C17H20FNO3. The quantitative estimate of drug-likeness (QED) is 0.807. The molecule has 1 aliphatic carbocycles. The van der Waals surface area contributed by atoms with E-state index < -0.39 is 11.8 Å². The van der Waals surface area contributed by atoms with E-state index in [9.17, 15) is 14.0 Å². The Bertz CT molecular complexity index is 590. The number of carbonyl (C=O) groups excluding carboxylic acids is 2. The highest BCUT2D eigenvalue weighted by atomic mass is 19.1. The van der Waals surface area contributed by atoms with E-state index in [1.165, 1.54) is 13.2 Å². The van der Waals surface area contributed by atoms with Crippen molar-refractivity contribution in [3.8, 4) is 0 Å². The minimum absolute atomic E-state index is 0.0171. The highest BCUT2D eigenvalue weighted by Crippen LogP contribution is 2.35. The molecule has 1 aromatic carbocycles. The van der Waals surface area contributed by atoms with Crippen molar-refractivity contribution in [1.82, 2.24) is 4.90 Å². The zero-order valence-electron chi connectivity index (χ0n) is 12.7. The average Bonchev–Trinajstić information content (AvgIpc) is 3.39. The predicted molar refractivity (Wildman–Crippen MR) is 79.0 cm³/mol. The highest BCUT2D eigenvalue weighted by molar-refractivity contribution is 5.89. The summed E-state index contributed by atoms with van der Waals surface area (Å²) in [6.45, 7) is 1.34. The summed E-state index contributed by atoms with van der Waals surface area (Å²) in [6.07, 6.45) is 3.49. The SMILES string of the molecule is COC(=O)c1cccc(C2CCN(C(=O)C3CC3)CC2)c1F. The third kappa shape index (κ3) is 2.85. The van der Waals surface area contributed by atoms with Crippen LogP contribution in [-0.4, -0.2) is 37.0 Å². The number of methoxy groups -OCH3 is 1. The predicted octanol–water partition coefficient (Wildman–Crippen LogP) is 2.73. The first kappa shape index (κ1) is 15.0. The van der Waals surface area contributed by atoms with E-state index in [1.807, 2.05) is 4.90 Å². The van der Waals surface area contributed by atoms with Crippen LogP contribution in [0.4, 0.5) is 4.39 Å². The van der Waals surface area contributed by atoms with Gasteiger partial charge in [-0.3, -0.25) is 4.79 Å². The normalized spacial score (nSPS) is 19.1. The van der Waals surface area contributed by atoms with E-state index in [0.717, 1.165) is 25.7 Å². The first-order chi connectivity index (χ1) is 10.6. The number of esters is 1. The molecule has 1 saturated heterocycles. The van der Waals surface area contributed by atoms with Gasteiger partial charge in [0.15, 0.2) is 0 Å². The van der Waals surface area contributed by atoms with Gasteiger partial charge in [0.2, 0.25) is 5.91 Å². The number of benzene rings is 1. The lowest BCUT2D eigenvalue weighted by Crippen LogP contribution is -2.39. The summed E-state index contributed by atoms with van der Waals surface area (Å²) in [5.74, 6) is -0.604. The van der Waals surface area contributed by atoms with Crippen molar-refractivity contribution in [3.05, 3.63) is 35.1 Å². The Balaban J connectivity index is 1.70. The Labute approximate surface area is 129 Å². The van der Waals surface area contributed by atoms with Crippen molar-refractivity contribution < 1.29 is 18.7 Å². The number of hydrogen-bond acceptors (Lipinski definition) is 3. The number of hydrogen-bond donors (Lipinski definition) is 0. The Morgan fingerprint density at radius 3 is 2.45 bits per heavy atom. The van der Waals surface area contributed by atoms with E-state index >= 15 is 0 Å². The Morgan fingerprint density at radius 2 is 1.86 bits per heavy atom. The standard InChI is InChI=1S/C17H20FNO3/c1-22-17(21)14-4-2-3-13(15(14)18)11-7-9-19(10-8-11)16(20)12-5-6-12/h2-4,11-12H,5-10H2,1H3. The molecule has 1 saturated carbocycles. The summed E-state index contributed by atoms with van der Waals surface area (Å²) >= 11 is 0. The van der Waals surface area contributed by atoms with E-state index in [4.69, 9.17) is 0 Å². The molecule has 0 atom stereocenters. The van der Waals surface area contributed by atoms with Crippen molar-refractivity contribution in [2.45, 2.75) is 31.6 Å². The molecule has 0 spiro atoms. The van der Waals surface area contributed by atoms with Crippen LogP contribution >= 0.6 is 0 Å². The summed E-state index contributed by atoms with van der Waals surface area (Å²) < 4.78 is 19.1. The van der Waals surface area contributed by atoms with Crippen LogP contribution < -0.4 is 0 Å². The molecule has 4 nitrogen and oxygen atoms in total. The van der Waals surface area contributed by atoms with E-state index in [1.54, 1.807) is 12.1 Å². The number of rotatable bonds is 3. The Hall–Kier alpha value is -1.91. The van der Waals surface area contributed by atoms with Gasteiger partial charge in [0.1, 0.15) is 5.82 Å². The van der Waals surface area contributed by atoms with Crippen LogP contribution in [0.25, 0.3) is 0 Å². The zero-order valence-corrected chi connectivity index (χ0v) is 12.7. The minimum Gasteiger partial charge on any atom is -0.465 e. The third-order valence-electron chi connectivity index (χ3n) is 4.61. The zero-order chi connectivity index (χ0) is 15.7. The van der Waals surface area contributed by atoms with E-state index in [-0.39, 0.29) is 23.3 Å². The van der Waals surface area contributed by atoms with Crippen molar-refractivity contribution >= 4 is 11.9 Å². The fraction of sp³-hybridized carbons (Fsp3) is 0.529. The molecule has 0 N–H and O–H groups in total. The summed E-state index contributed by atoms with van der Waals surface area (Å²) in [7, 11) is 1.25. The Kier molecular flexibility index (Phi) is 4.14.